The van der Waals surface area contributed by atoms with E-state index in [0.717, 1.165) is 11.8 Å². The smallest absolute Gasteiger partial charge is 0.373 e. The number of ether oxygens (including phenoxy) is 1. The van der Waals surface area contributed by atoms with Gasteiger partial charge in [0.25, 0.3) is 0 Å². The lowest BCUT2D eigenvalue weighted by molar-refractivity contribution is -0.385. The van der Waals surface area contributed by atoms with Gasteiger partial charge >= 0.3 is 11.6 Å². The molecule has 0 spiro atoms. The van der Waals surface area contributed by atoms with E-state index in [4.69, 9.17) is 4.74 Å². The monoisotopic (exact) mass is 325 g/mol. The van der Waals surface area contributed by atoms with E-state index in [1.165, 1.54) is 6.33 Å². The molecule has 3 aromatic rings. The van der Waals surface area contributed by atoms with Crippen molar-refractivity contribution in [3.8, 4) is 11.6 Å². The normalized spacial score (nSPS) is 10.5. The lowest BCUT2D eigenvalue weighted by Crippen LogP contribution is -2.07. The fourth-order valence-corrected chi connectivity index (χ4v) is 2.24. The number of rotatable bonds is 6. The van der Waals surface area contributed by atoms with E-state index in [9.17, 15) is 10.1 Å². The molecule has 0 amide bonds. The minimum Gasteiger partial charge on any atom is -0.431 e. The van der Waals surface area contributed by atoms with Crippen LogP contribution in [0.15, 0.2) is 42.9 Å². The summed E-state index contributed by atoms with van der Waals surface area (Å²) in [6.45, 7) is 2.52. The topological polar surface area (TPSA) is 103 Å². The molecule has 3 rings (SSSR count). The average molecular weight is 325 g/mol. The number of aromatic nitrogens is 3. The molecule has 0 radical (unpaired) electrons. The van der Waals surface area contributed by atoms with Gasteiger partial charge in [0, 0.05) is 18.1 Å². The van der Waals surface area contributed by atoms with Crippen LogP contribution in [0.2, 0.25) is 0 Å². The number of pyridine rings is 1. The van der Waals surface area contributed by atoms with E-state index in [2.05, 4.69) is 20.3 Å². The molecular weight excluding hydrogens is 310 g/mol. The third-order valence-electron chi connectivity index (χ3n) is 3.32. The molecule has 0 bridgehead atoms. The molecule has 0 saturated heterocycles. The number of nitro groups is 1. The summed E-state index contributed by atoms with van der Waals surface area (Å²) in [4.78, 5) is 23.0. The van der Waals surface area contributed by atoms with Crippen molar-refractivity contribution >= 4 is 22.4 Å². The highest BCUT2D eigenvalue weighted by molar-refractivity contribution is 5.84. The molecule has 2 heterocycles. The number of para-hydroxylation sites is 1. The van der Waals surface area contributed by atoms with Crippen LogP contribution >= 0.6 is 0 Å². The molecule has 2 aromatic heterocycles. The van der Waals surface area contributed by atoms with Gasteiger partial charge in [-0.2, -0.15) is 4.98 Å². The second-order valence-electron chi connectivity index (χ2n) is 4.99. The van der Waals surface area contributed by atoms with Gasteiger partial charge in [-0.25, -0.2) is 4.98 Å². The maximum absolute atomic E-state index is 11.4. The van der Waals surface area contributed by atoms with Crippen LogP contribution in [0.5, 0.6) is 11.6 Å². The fraction of sp³-hybridized carbons (Fsp3) is 0.188. The third-order valence-corrected chi connectivity index (χ3v) is 3.32. The summed E-state index contributed by atoms with van der Waals surface area (Å²) in [6, 6.07) is 9.07. The SMILES string of the molecule is CCCNc1ncnc(Oc2cccc3cccnc23)c1[N+](=O)[O-]. The van der Waals surface area contributed by atoms with Crippen LogP contribution in [0.4, 0.5) is 11.5 Å². The molecule has 1 aromatic carbocycles. The van der Waals surface area contributed by atoms with Crippen molar-refractivity contribution < 1.29 is 9.66 Å². The van der Waals surface area contributed by atoms with Crippen LogP contribution < -0.4 is 10.1 Å². The lowest BCUT2D eigenvalue weighted by atomic mass is 10.2. The predicted molar refractivity (Wildman–Crippen MR) is 89.3 cm³/mol. The van der Waals surface area contributed by atoms with E-state index in [1.807, 2.05) is 25.1 Å². The van der Waals surface area contributed by atoms with Gasteiger partial charge in [0.05, 0.1) is 4.92 Å². The van der Waals surface area contributed by atoms with E-state index >= 15 is 0 Å². The lowest BCUT2D eigenvalue weighted by Gasteiger charge is -2.10. The third kappa shape index (κ3) is 3.07. The molecule has 0 aliphatic carbocycles. The Morgan fingerprint density at radius 2 is 2.04 bits per heavy atom. The second kappa shape index (κ2) is 6.86. The van der Waals surface area contributed by atoms with Crippen LogP contribution in [-0.4, -0.2) is 26.4 Å². The Bertz CT molecular complexity index is 879. The van der Waals surface area contributed by atoms with Crippen molar-refractivity contribution in [2.45, 2.75) is 13.3 Å². The second-order valence-corrected chi connectivity index (χ2v) is 4.99. The molecule has 8 nitrogen and oxygen atoms in total. The molecule has 8 heteroatoms. The Hall–Kier alpha value is -3.29. The van der Waals surface area contributed by atoms with Gasteiger partial charge in [0.2, 0.25) is 5.82 Å². The first-order valence-electron chi connectivity index (χ1n) is 7.45. The molecule has 0 aliphatic rings. The van der Waals surface area contributed by atoms with Gasteiger partial charge < -0.3 is 10.1 Å². The summed E-state index contributed by atoms with van der Waals surface area (Å²) in [6.07, 6.45) is 3.68. The van der Waals surface area contributed by atoms with Gasteiger partial charge in [-0.3, -0.25) is 15.1 Å². The van der Waals surface area contributed by atoms with Crippen LogP contribution in [0, 0.1) is 10.1 Å². The highest BCUT2D eigenvalue weighted by atomic mass is 16.6. The minimum atomic E-state index is -0.550. The summed E-state index contributed by atoms with van der Waals surface area (Å²) in [5, 5.41) is 15.2. The first-order valence-corrected chi connectivity index (χ1v) is 7.45. The minimum absolute atomic E-state index is 0.119. The number of fused-ring (bicyclic) bond motifs is 1. The number of nitrogens with one attached hydrogen (secondary N) is 1. The summed E-state index contributed by atoms with van der Waals surface area (Å²) in [5.41, 5.74) is 0.315. The maximum atomic E-state index is 11.4. The van der Waals surface area contributed by atoms with Crippen LogP contribution in [-0.2, 0) is 0 Å². The van der Waals surface area contributed by atoms with Gasteiger partial charge in [-0.05, 0) is 18.6 Å². The van der Waals surface area contributed by atoms with Crippen molar-refractivity contribution in [2.75, 3.05) is 11.9 Å². The summed E-state index contributed by atoms with van der Waals surface area (Å²) in [5.74, 6) is 0.420. The maximum Gasteiger partial charge on any atom is 0.373 e. The molecule has 0 fully saturated rings. The van der Waals surface area contributed by atoms with Crippen molar-refractivity contribution in [2.24, 2.45) is 0 Å². The van der Waals surface area contributed by atoms with Crippen LogP contribution in [0.3, 0.4) is 0 Å². The van der Waals surface area contributed by atoms with E-state index in [-0.39, 0.29) is 17.4 Å². The first kappa shape index (κ1) is 15.6. The molecule has 122 valence electrons. The molecule has 24 heavy (non-hydrogen) atoms. The summed E-state index contributed by atoms with van der Waals surface area (Å²) < 4.78 is 5.71. The number of nitrogens with zero attached hydrogens (tertiary/aromatic N) is 4. The quantitative estimate of drug-likeness (QED) is 0.546. The molecular formula is C16H15N5O3. The molecule has 0 unspecified atom stereocenters. The largest absolute Gasteiger partial charge is 0.431 e. The van der Waals surface area contributed by atoms with E-state index in [1.54, 1.807) is 18.3 Å². The van der Waals surface area contributed by atoms with Crippen molar-refractivity contribution in [3.63, 3.8) is 0 Å². The Morgan fingerprint density at radius 3 is 2.83 bits per heavy atom. The summed E-state index contributed by atoms with van der Waals surface area (Å²) >= 11 is 0. The summed E-state index contributed by atoms with van der Waals surface area (Å²) in [7, 11) is 0. The van der Waals surface area contributed by atoms with Gasteiger partial charge in [-0.15, -0.1) is 0 Å². The zero-order valence-corrected chi connectivity index (χ0v) is 13.0. The number of benzene rings is 1. The number of hydrogen-bond donors (Lipinski definition) is 1. The molecule has 0 saturated carbocycles. The van der Waals surface area contributed by atoms with Crippen molar-refractivity contribution in [1.29, 1.82) is 0 Å². The van der Waals surface area contributed by atoms with Crippen molar-refractivity contribution in [1.82, 2.24) is 15.0 Å². The molecule has 0 atom stereocenters. The van der Waals surface area contributed by atoms with Gasteiger partial charge in [0.15, 0.2) is 5.75 Å². The Labute approximate surface area is 137 Å². The number of hydrogen-bond acceptors (Lipinski definition) is 7. The van der Waals surface area contributed by atoms with E-state index < -0.39 is 4.92 Å². The van der Waals surface area contributed by atoms with Crippen LogP contribution in [0.25, 0.3) is 10.9 Å². The fourth-order valence-electron chi connectivity index (χ4n) is 2.24. The standard InChI is InChI=1S/C16H15N5O3/c1-2-8-18-15-14(21(22)23)16(20-10-19-15)24-12-7-3-5-11-6-4-9-17-13(11)12/h3-7,9-10H,2,8H2,1H3,(H,18,19,20). The Kier molecular flexibility index (Phi) is 4.46. The van der Waals surface area contributed by atoms with Crippen molar-refractivity contribution in [3.05, 3.63) is 53.0 Å². The molecule has 1 N–H and O–H groups in total. The highest BCUT2D eigenvalue weighted by Gasteiger charge is 2.25. The predicted octanol–water partition coefficient (Wildman–Crippen LogP) is 3.55. The Morgan fingerprint density at radius 1 is 1.21 bits per heavy atom. The van der Waals surface area contributed by atoms with Gasteiger partial charge in [-0.1, -0.05) is 25.1 Å². The van der Waals surface area contributed by atoms with Crippen LogP contribution in [0.1, 0.15) is 13.3 Å². The highest BCUT2D eigenvalue weighted by Crippen LogP contribution is 2.35. The van der Waals surface area contributed by atoms with E-state index in [0.29, 0.717) is 17.8 Å². The van der Waals surface area contributed by atoms with Gasteiger partial charge in [0.1, 0.15) is 11.8 Å². The molecule has 0 aliphatic heterocycles. The number of anilines is 1. The zero-order valence-electron chi connectivity index (χ0n) is 13.0. The average Bonchev–Trinajstić information content (AvgIpc) is 2.60. The Balaban J connectivity index is 2.04. The first-order chi connectivity index (χ1) is 11.7. The zero-order chi connectivity index (χ0) is 16.9.